The molecule has 72 valence electrons. The van der Waals surface area contributed by atoms with E-state index in [1.807, 2.05) is 43.6 Å². The monoisotopic (exact) mass is 188 g/mol. The lowest BCUT2D eigenvalue weighted by Crippen LogP contribution is -1.97. The third kappa shape index (κ3) is 1.67. The standard InChI is InChI=1S/C11H12N2O/c1-13-8-10(7-12-13)11(14)9-5-3-2-4-6-9/h2-8,11,14H,1H3/t11-/m0/s1. The van der Waals surface area contributed by atoms with E-state index in [-0.39, 0.29) is 0 Å². The molecule has 0 bridgehead atoms. The van der Waals surface area contributed by atoms with E-state index in [0.29, 0.717) is 0 Å². The molecule has 3 nitrogen and oxygen atoms in total. The highest BCUT2D eigenvalue weighted by Gasteiger charge is 2.10. The first-order valence-electron chi connectivity index (χ1n) is 4.49. The molecule has 2 rings (SSSR count). The zero-order valence-corrected chi connectivity index (χ0v) is 7.96. The number of benzene rings is 1. The molecule has 1 N–H and O–H groups in total. The maximum atomic E-state index is 9.95. The quantitative estimate of drug-likeness (QED) is 0.775. The van der Waals surface area contributed by atoms with E-state index in [0.717, 1.165) is 11.1 Å². The van der Waals surface area contributed by atoms with Crippen LogP contribution in [-0.2, 0) is 7.05 Å². The van der Waals surface area contributed by atoms with Crippen LogP contribution in [0.1, 0.15) is 17.2 Å². The number of aromatic nitrogens is 2. The highest BCUT2D eigenvalue weighted by Crippen LogP contribution is 2.20. The van der Waals surface area contributed by atoms with Crippen molar-refractivity contribution in [2.24, 2.45) is 7.05 Å². The van der Waals surface area contributed by atoms with Crippen LogP contribution in [0.2, 0.25) is 0 Å². The number of aryl methyl sites for hydroxylation is 1. The SMILES string of the molecule is Cn1cc([C@@H](O)c2ccccc2)cn1. The lowest BCUT2D eigenvalue weighted by molar-refractivity contribution is 0.220. The van der Waals surface area contributed by atoms with Crippen LogP contribution in [0.5, 0.6) is 0 Å². The summed E-state index contributed by atoms with van der Waals surface area (Å²) in [5.41, 5.74) is 1.71. The molecule has 0 aliphatic carbocycles. The maximum absolute atomic E-state index is 9.95. The van der Waals surface area contributed by atoms with E-state index in [9.17, 15) is 5.11 Å². The Morgan fingerprint density at radius 2 is 1.93 bits per heavy atom. The predicted octanol–water partition coefficient (Wildman–Crippen LogP) is 1.50. The molecule has 1 aromatic carbocycles. The largest absolute Gasteiger partial charge is 0.384 e. The molecule has 0 fully saturated rings. The van der Waals surface area contributed by atoms with Crippen LogP contribution < -0.4 is 0 Å². The molecule has 0 amide bonds. The molecule has 14 heavy (non-hydrogen) atoms. The Kier molecular flexibility index (Phi) is 2.33. The van der Waals surface area contributed by atoms with Gasteiger partial charge in [-0.25, -0.2) is 0 Å². The Labute approximate surface area is 82.6 Å². The van der Waals surface area contributed by atoms with Crippen molar-refractivity contribution in [2.45, 2.75) is 6.10 Å². The smallest absolute Gasteiger partial charge is 0.107 e. The lowest BCUT2D eigenvalue weighted by Gasteiger charge is -2.07. The number of aliphatic hydroxyl groups excluding tert-OH is 1. The zero-order valence-electron chi connectivity index (χ0n) is 7.96. The summed E-state index contributed by atoms with van der Waals surface area (Å²) < 4.78 is 1.68. The minimum absolute atomic E-state index is 0.579. The van der Waals surface area contributed by atoms with Crippen LogP contribution in [0.25, 0.3) is 0 Å². The summed E-state index contributed by atoms with van der Waals surface area (Å²) in [5, 5.41) is 14.0. The normalized spacial score (nSPS) is 12.7. The fourth-order valence-corrected chi connectivity index (χ4v) is 1.41. The molecule has 1 heterocycles. The van der Waals surface area contributed by atoms with Gasteiger partial charge in [-0.15, -0.1) is 0 Å². The number of nitrogens with zero attached hydrogens (tertiary/aromatic N) is 2. The Balaban J connectivity index is 2.29. The molecule has 0 unspecified atom stereocenters. The van der Waals surface area contributed by atoms with Gasteiger partial charge in [0.15, 0.2) is 0 Å². The van der Waals surface area contributed by atoms with Crippen molar-refractivity contribution in [3.63, 3.8) is 0 Å². The van der Waals surface area contributed by atoms with Gasteiger partial charge in [0.25, 0.3) is 0 Å². The molecule has 0 radical (unpaired) electrons. The second kappa shape index (κ2) is 3.64. The third-order valence-corrected chi connectivity index (χ3v) is 2.16. The van der Waals surface area contributed by atoms with Gasteiger partial charge in [0.2, 0.25) is 0 Å². The van der Waals surface area contributed by atoms with E-state index >= 15 is 0 Å². The Morgan fingerprint density at radius 3 is 2.50 bits per heavy atom. The fourth-order valence-electron chi connectivity index (χ4n) is 1.41. The highest BCUT2D eigenvalue weighted by molar-refractivity contribution is 5.26. The van der Waals surface area contributed by atoms with Crippen molar-refractivity contribution in [3.8, 4) is 0 Å². The minimum Gasteiger partial charge on any atom is -0.384 e. The topological polar surface area (TPSA) is 38.0 Å². The van der Waals surface area contributed by atoms with Gasteiger partial charge in [0.05, 0.1) is 6.20 Å². The lowest BCUT2D eigenvalue weighted by atomic mass is 10.1. The molecule has 0 aliphatic heterocycles. The van der Waals surface area contributed by atoms with E-state index in [4.69, 9.17) is 0 Å². The van der Waals surface area contributed by atoms with Crippen molar-refractivity contribution in [3.05, 3.63) is 53.9 Å². The summed E-state index contributed by atoms with van der Waals surface area (Å²) in [4.78, 5) is 0. The summed E-state index contributed by atoms with van der Waals surface area (Å²) in [6, 6.07) is 9.55. The van der Waals surface area contributed by atoms with Crippen molar-refractivity contribution < 1.29 is 5.11 Å². The summed E-state index contributed by atoms with van der Waals surface area (Å²) >= 11 is 0. The molecule has 3 heteroatoms. The van der Waals surface area contributed by atoms with Gasteiger partial charge >= 0.3 is 0 Å². The summed E-state index contributed by atoms with van der Waals surface area (Å²) in [6.07, 6.45) is 2.92. The van der Waals surface area contributed by atoms with Crippen molar-refractivity contribution in [2.75, 3.05) is 0 Å². The first kappa shape index (κ1) is 8.97. The first-order chi connectivity index (χ1) is 6.77. The van der Waals surface area contributed by atoms with Crippen molar-refractivity contribution >= 4 is 0 Å². The Morgan fingerprint density at radius 1 is 1.21 bits per heavy atom. The van der Waals surface area contributed by atoms with Crippen LogP contribution in [-0.4, -0.2) is 14.9 Å². The third-order valence-electron chi connectivity index (χ3n) is 2.16. The molecule has 2 aromatic rings. The highest BCUT2D eigenvalue weighted by atomic mass is 16.3. The van der Waals surface area contributed by atoms with E-state index < -0.39 is 6.10 Å². The van der Waals surface area contributed by atoms with Gasteiger partial charge in [-0.05, 0) is 5.56 Å². The number of rotatable bonds is 2. The zero-order chi connectivity index (χ0) is 9.97. The van der Waals surface area contributed by atoms with Crippen LogP contribution in [0.4, 0.5) is 0 Å². The molecule has 0 spiro atoms. The van der Waals surface area contributed by atoms with Gasteiger partial charge in [-0.2, -0.15) is 5.10 Å². The van der Waals surface area contributed by atoms with E-state index in [2.05, 4.69) is 5.10 Å². The number of aliphatic hydroxyl groups is 1. The van der Waals surface area contributed by atoms with Crippen LogP contribution >= 0.6 is 0 Å². The number of hydrogen-bond donors (Lipinski definition) is 1. The van der Waals surface area contributed by atoms with Gasteiger partial charge in [-0.3, -0.25) is 4.68 Å². The van der Waals surface area contributed by atoms with Gasteiger partial charge in [-0.1, -0.05) is 30.3 Å². The maximum Gasteiger partial charge on any atom is 0.107 e. The van der Waals surface area contributed by atoms with Crippen LogP contribution in [0.15, 0.2) is 42.7 Å². The average Bonchev–Trinajstić information content (AvgIpc) is 2.65. The average molecular weight is 188 g/mol. The molecule has 1 aromatic heterocycles. The van der Waals surface area contributed by atoms with Gasteiger partial charge in [0.1, 0.15) is 6.10 Å². The van der Waals surface area contributed by atoms with E-state index in [1.54, 1.807) is 10.9 Å². The second-order valence-electron chi connectivity index (χ2n) is 3.26. The molecular formula is C11H12N2O. The number of hydrogen-bond acceptors (Lipinski definition) is 2. The predicted molar refractivity (Wildman–Crippen MR) is 53.7 cm³/mol. The van der Waals surface area contributed by atoms with Gasteiger partial charge in [0, 0.05) is 18.8 Å². The van der Waals surface area contributed by atoms with E-state index in [1.165, 1.54) is 0 Å². The summed E-state index contributed by atoms with van der Waals surface area (Å²) in [5.74, 6) is 0. The molecule has 0 saturated heterocycles. The Hall–Kier alpha value is -1.61. The molecule has 0 saturated carbocycles. The van der Waals surface area contributed by atoms with Crippen molar-refractivity contribution in [1.82, 2.24) is 9.78 Å². The molecule has 0 aliphatic rings. The summed E-state index contributed by atoms with van der Waals surface area (Å²) in [7, 11) is 1.83. The Bertz CT molecular complexity index is 408. The van der Waals surface area contributed by atoms with Crippen LogP contribution in [0, 0.1) is 0 Å². The molecule has 1 atom stereocenters. The summed E-state index contributed by atoms with van der Waals surface area (Å²) in [6.45, 7) is 0. The van der Waals surface area contributed by atoms with Gasteiger partial charge < -0.3 is 5.11 Å². The second-order valence-corrected chi connectivity index (χ2v) is 3.26. The fraction of sp³-hybridized carbons (Fsp3) is 0.182. The van der Waals surface area contributed by atoms with Crippen molar-refractivity contribution in [1.29, 1.82) is 0 Å². The first-order valence-corrected chi connectivity index (χ1v) is 4.49. The minimum atomic E-state index is -0.579. The van der Waals surface area contributed by atoms with Crippen LogP contribution in [0.3, 0.4) is 0 Å². The molecular weight excluding hydrogens is 176 g/mol.